The summed E-state index contributed by atoms with van der Waals surface area (Å²) in [6.45, 7) is 8.09. The summed E-state index contributed by atoms with van der Waals surface area (Å²) in [7, 11) is 0. The van der Waals surface area contributed by atoms with Gasteiger partial charge in [0.05, 0.1) is 5.92 Å². The van der Waals surface area contributed by atoms with Crippen molar-refractivity contribution in [2.75, 3.05) is 32.7 Å². The molecular weight excluding hydrogens is 254 g/mol. The lowest BCUT2D eigenvalue weighted by Crippen LogP contribution is -2.55. The van der Waals surface area contributed by atoms with Crippen LogP contribution in [-0.4, -0.2) is 60.4 Å². The van der Waals surface area contributed by atoms with Gasteiger partial charge in [-0.3, -0.25) is 9.59 Å². The smallest absolute Gasteiger partial charge is 0.227 e. The van der Waals surface area contributed by atoms with Crippen LogP contribution < -0.4 is 5.32 Å². The molecule has 2 rings (SSSR count). The molecule has 2 saturated heterocycles. The van der Waals surface area contributed by atoms with Crippen molar-refractivity contribution >= 4 is 11.8 Å². The van der Waals surface area contributed by atoms with Crippen molar-refractivity contribution in [2.24, 2.45) is 5.92 Å². The summed E-state index contributed by atoms with van der Waals surface area (Å²) < 4.78 is 0. The van der Waals surface area contributed by atoms with Crippen molar-refractivity contribution < 1.29 is 9.59 Å². The Balaban J connectivity index is 1.94. The van der Waals surface area contributed by atoms with Gasteiger partial charge in [-0.2, -0.15) is 0 Å². The van der Waals surface area contributed by atoms with Crippen molar-refractivity contribution in [3.8, 4) is 0 Å². The molecule has 0 saturated carbocycles. The van der Waals surface area contributed by atoms with Gasteiger partial charge in [0, 0.05) is 45.2 Å². The maximum absolute atomic E-state index is 12.6. The molecule has 0 aromatic rings. The number of rotatable bonds is 3. The third kappa shape index (κ3) is 3.51. The maximum atomic E-state index is 12.6. The largest absolute Gasteiger partial charge is 0.342 e. The molecule has 0 radical (unpaired) electrons. The van der Waals surface area contributed by atoms with Crippen LogP contribution in [0.3, 0.4) is 0 Å². The van der Waals surface area contributed by atoms with Crippen molar-refractivity contribution in [3.05, 3.63) is 0 Å². The summed E-state index contributed by atoms with van der Waals surface area (Å²) in [6.07, 6.45) is 3.35. The van der Waals surface area contributed by atoms with Gasteiger partial charge in [0.25, 0.3) is 0 Å². The summed E-state index contributed by atoms with van der Waals surface area (Å²) in [5.74, 6) is 0.455. The SMILES string of the molecule is CCCC(=O)N1CCCC(C(=O)N2CCNC[C@@H]2C)C1. The Hall–Kier alpha value is -1.10. The molecule has 0 spiro atoms. The van der Waals surface area contributed by atoms with Gasteiger partial charge < -0.3 is 15.1 Å². The normalized spacial score (nSPS) is 27.5. The van der Waals surface area contributed by atoms with Crippen LogP contribution in [0.15, 0.2) is 0 Å². The minimum atomic E-state index is 0.00473. The van der Waals surface area contributed by atoms with Gasteiger partial charge in [-0.05, 0) is 26.2 Å². The molecule has 2 heterocycles. The average Bonchev–Trinajstić information content (AvgIpc) is 2.47. The topological polar surface area (TPSA) is 52.7 Å². The second kappa shape index (κ2) is 7.07. The fraction of sp³-hybridized carbons (Fsp3) is 0.867. The van der Waals surface area contributed by atoms with E-state index in [-0.39, 0.29) is 23.8 Å². The summed E-state index contributed by atoms with van der Waals surface area (Å²) in [4.78, 5) is 28.5. The minimum Gasteiger partial charge on any atom is -0.342 e. The Kier molecular flexibility index (Phi) is 5.40. The number of nitrogens with zero attached hydrogens (tertiary/aromatic N) is 2. The molecule has 2 aliphatic rings. The number of piperidine rings is 1. The zero-order valence-corrected chi connectivity index (χ0v) is 12.7. The highest BCUT2D eigenvalue weighted by Crippen LogP contribution is 2.21. The van der Waals surface area contributed by atoms with E-state index < -0.39 is 0 Å². The lowest BCUT2D eigenvalue weighted by Gasteiger charge is -2.39. The highest BCUT2D eigenvalue weighted by molar-refractivity contribution is 5.81. The number of carbonyl (C=O) groups is 2. The van der Waals surface area contributed by atoms with E-state index in [1.165, 1.54) is 0 Å². The molecule has 5 nitrogen and oxygen atoms in total. The summed E-state index contributed by atoms with van der Waals surface area (Å²) in [5.41, 5.74) is 0. The molecular formula is C15H27N3O2. The van der Waals surface area contributed by atoms with Crippen LogP contribution in [0, 0.1) is 5.92 Å². The van der Waals surface area contributed by atoms with E-state index in [1.54, 1.807) is 0 Å². The molecule has 2 fully saturated rings. The molecule has 20 heavy (non-hydrogen) atoms. The van der Waals surface area contributed by atoms with Crippen LogP contribution in [-0.2, 0) is 9.59 Å². The van der Waals surface area contributed by atoms with E-state index in [1.807, 2.05) is 16.7 Å². The number of nitrogens with one attached hydrogen (secondary N) is 1. The Morgan fingerprint density at radius 1 is 1.30 bits per heavy atom. The van der Waals surface area contributed by atoms with Gasteiger partial charge in [-0.25, -0.2) is 0 Å². The first-order valence-electron chi connectivity index (χ1n) is 7.92. The van der Waals surface area contributed by atoms with Crippen molar-refractivity contribution in [2.45, 2.75) is 45.6 Å². The zero-order valence-electron chi connectivity index (χ0n) is 12.7. The molecule has 2 atom stereocenters. The van der Waals surface area contributed by atoms with Gasteiger partial charge in [-0.15, -0.1) is 0 Å². The first-order valence-corrected chi connectivity index (χ1v) is 7.92. The van der Waals surface area contributed by atoms with Crippen LogP contribution in [0.2, 0.25) is 0 Å². The van der Waals surface area contributed by atoms with Crippen LogP contribution in [0.25, 0.3) is 0 Å². The quantitative estimate of drug-likeness (QED) is 0.834. The Bertz CT molecular complexity index is 359. The van der Waals surface area contributed by atoms with Crippen LogP contribution in [0.4, 0.5) is 0 Å². The third-order valence-electron chi connectivity index (χ3n) is 4.37. The lowest BCUT2D eigenvalue weighted by atomic mass is 9.95. The maximum Gasteiger partial charge on any atom is 0.227 e. The number of piperazine rings is 1. The van der Waals surface area contributed by atoms with Gasteiger partial charge in [0.1, 0.15) is 0 Å². The number of likely N-dealkylation sites (tertiary alicyclic amines) is 1. The number of carbonyl (C=O) groups excluding carboxylic acids is 2. The molecule has 0 bridgehead atoms. The van der Waals surface area contributed by atoms with E-state index in [9.17, 15) is 9.59 Å². The van der Waals surface area contributed by atoms with Gasteiger partial charge >= 0.3 is 0 Å². The van der Waals surface area contributed by atoms with E-state index in [0.29, 0.717) is 13.0 Å². The monoisotopic (exact) mass is 281 g/mol. The van der Waals surface area contributed by atoms with Gasteiger partial charge in [-0.1, -0.05) is 6.92 Å². The average molecular weight is 281 g/mol. The number of amides is 2. The summed E-state index contributed by atoms with van der Waals surface area (Å²) in [5, 5.41) is 3.31. The van der Waals surface area contributed by atoms with Gasteiger partial charge in [0.15, 0.2) is 0 Å². The van der Waals surface area contributed by atoms with Crippen molar-refractivity contribution in [3.63, 3.8) is 0 Å². The molecule has 1 unspecified atom stereocenters. The van der Waals surface area contributed by atoms with Crippen molar-refractivity contribution in [1.82, 2.24) is 15.1 Å². The highest BCUT2D eigenvalue weighted by atomic mass is 16.2. The first kappa shape index (κ1) is 15.3. The third-order valence-corrected chi connectivity index (χ3v) is 4.37. The van der Waals surface area contributed by atoms with Crippen LogP contribution in [0.1, 0.15) is 39.5 Å². The summed E-state index contributed by atoms with van der Waals surface area (Å²) in [6, 6.07) is 0.262. The molecule has 0 aliphatic carbocycles. The lowest BCUT2D eigenvalue weighted by molar-refractivity contribution is -0.143. The Morgan fingerprint density at radius 2 is 2.10 bits per heavy atom. The number of hydrogen-bond acceptors (Lipinski definition) is 3. The summed E-state index contributed by atoms with van der Waals surface area (Å²) >= 11 is 0. The van der Waals surface area contributed by atoms with Crippen LogP contribution in [0.5, 0.6) is 0 Å². The fourth-order valence-electron chi connectivity index (χ4n) is 3.18. The van der Waals surface area contributed by atoms with E-state index in [2.05, 4.69) is 12.2 Å². The minimum absolute atomic E-state index is 0.00473. The first-order chi connectivity index (χ1) is 9.63. The molecule has 0 aromatic carbocycles. The molecule has 5 heteroatoms. The molecule has 2 aliphatic heterocycles. The molecule has 1 N–H and O–H groups in total. The molecule has 0 aromatic heterocycles. The van der Waals surface area contributed by atoms with E-state index in [0.717, 1.165) is 45.4 Å². The van der Waals surface area contributed by atoms with Crippen LogP contribution >= 0.6 is 0 Å². The molecule has 2 amide bonds. The Labute approximate surface area is 121 Å². The second-order valence-electron chi connectivity index (χ2n) is 6.01. The van der Waals surface area contributed by atoms with E-state index in [4.69, 9.17) is 0 Å². The predicted molar refractivity (Wildman–Crippen MR) is 78.3 cm³/mol. The fourth-order valence-corrected chi connectivity index (χ4v) is 3.18. The van der Waals surface area contributed by atoms with Gasteiger partial charge in [0.2, 0.25) is 11.8 Å². The van der Waals surface area contributed by atoms with Crippen molar-refractivity contribution in [1.29, 1.82) is 0 Å². The van der Waals surface area contributed by atoms with E-state index >= 15 is 0 Å². The predicted octanol–water partition coefficient (Wildman–Crippen LogP) is 0.845. The Morgan fingerprint density at radius 3 is 2.80 bits per heavy atom. The standard InChI is InChI=1S/C15H27N3O2/c1-3-5-14(19)17-8-4-6-13(11-17)15(20)18-9-7-16-10-12(18)2/h12-13,16H,3-11H2,1-2H3/t12-,13?/m0/s1. The second-order valence-corrected chi connectivity index (χ2v) is 6.01. The highest BCUT2D eigenvalue weighted by Gasteiger charge is 2.33. The number of hydrogen-bond donors (Lipinski definition) is 1. The zero-order chi connectivity index (χ0) is 14.5. The molecule has 114 valence electrons.